The minimum Gasteiger partial charge on any atom is -0.497 e. The number of nitrogens with zero attached hydrogens (tertiary/aromatic N) is 1. The molecule has 0 bridgehead atoms. The zero-order chi connectivity index (χ0) is 23.5. The van der Waals surface area contributed by atoms with Gasteiger partial charge in [0.15, 0.2) is 5.85 Å². The highest BCUT2D eigenvalue weighted by Gasteiger charge is 2.42. The highest BCUT2D eigenvalue weighted by Crippen LogP contribution is 2.60. The van der Waals surface area contributed by atoms with E-state index in [9.17, 15) is 9.67 Å². The van der Waals surface area contributed by atoms with Crippen molar-refractivity contribution in [3.8, 4) is 5.75 Å². The largest absolute Gasteiger partial charge is 0.497 e. The van der Waals surface area contributed by atoms with Crippen molar-refractivity contribution in [2.45, 2.75) is 52.0 Å². The summed E-state index contributed by atoms with van der Waals surface area (Å²) in [6.45, 7) is 6.63. The predicted molar refractivity (Wildman–Crippen MR) is 132 cm³/mol. The third kappa shape index (κ3) is 5.39. The summed E-state index contributed by atoms with van der Waals surface area (Å²) in [5.74, 6) is 0.702. The Morgan fingerprint density at radius 2 is 1.66 bits per heavy atom. The van der Waals surface area contributed by atoms with E-state index >= 15 is 0 Å². The number of methoxy groups -OCH3 is 1. The number of aliphatic hydroxyl groups excluding tert-OH is 1. The fraction of sp³-hybridized carbons (Fsp3) is 0.538. The molecular weight excluding hydrogens is 421 g/mol. The second-order valence-electron chi connectivity index (χ2n) is 9.62. The Morgan fingerprint density at radius 1 is 1.03 bits per heavy atom. The van der Waals surface area contributed by atoms with Crippen LogP contribution in [0.1, 0.15) is 51.4 Å². The van der Waals surface area contributed by atoms with Crippen LogP contribution >= 0.6 is 7.37 Å². The molecule has 0 heterocycles. The number of aliphatic hydroxyl groups is 1. The predicted octanol–water partition coefficient (Wildman–Crippen LogP) is 5.83. The molecule has 3 rings (SSSR count). The first kappa shape index (κ1) is 24.8. The molecule has 1 saturated carbocycles. The van der Waals surface area contributed by atoms with Gasteiger partial charge in [0, 0.05) is 25.1 Å². The van der Waals surface area contributed by atoms with Gasteiger partial charge in [0.2, 0.25) is 0 Å². The van der Waals surface area contributed by atoms with E-state index in [-0.39, 0.29) is 6.10 Å². The van der Waals surface area contributed by atoms with Gasteiger partial charge in [0.25, 0.3) is 7.37 Å². The summed E-state index contributed by atoms with van der Waals surface area (Å²) in [7, 11) is 1.90. The average molecular weight is 460 g/mol. The SMILES string of the molecule is COc1ccc([C@@H](O)[P@@](=O)(O[C@@H]2C[C@H](C)CC[C@@H]2C(C)C)c2ccc(N(C)C)cc2)cc1. The van der Waals surface area contributed by atoms with E-state index in [2.05, 4.69) is 20.8 Å². The van der Waals surface area contributed by atoms with Crippen molar-refractivity contribution in [3.05, 3.63) is 54.1 Å². The first-order valence-electron chi connectivity index (χ1n) is 11.5. The molecule has 0 aromatic heterocycles. The Morgan fingerprint density at radius 3 is 2.19 bits per heavy atom. The summed E-state index contributed by atoms with van der Waals surface area (Å²) in [5.41, 5.74) is 1.57. The summed E-state index contributed by atoms with van der Waals surface area (Å²) in [5, 5.41) is 12.0. The fourth-order valence-electron chi connectivity index (χ4n) is 4.63. The summed E-state index contributed by atoms with van der Waals surface area (Å²) in [4.78, 5) is 1.99. The van der Waals surface area contributed by atoms with Crippen molar-refractivity contribution in [1.82, 2.24) is 0 Å². The van der Waals surface area contributed by atoms with Gasteiger partial charge in [0.05, 0.1) is 13.2 Å². The van der Waals surface area contributed by atoms with Crippen molar-refractivity contribution in [2.75, 3.05) is 26.1 Å². The van der Waals surface area contributed by atoms with Gasteiger partial charge in [-0.05, 0) is 72.6 Å². The molecule has 1 N–H and O–H groups in total. The van der Waals surface area contributed by atoms with Crippen molar-refractivity contribution in [2.24, 2.45) is 17.8 Å². The molecule has 6 heteroatoms. The number of anilines is 1. The van der Waals surface area contributed by atoms with Gasteiger partial charge in [0.1, 0.15) is 5.75 Å². The van der Waals surface area contributed by atoms with Gasteiger partial charge in [-0.3, -0.25) is 4.57 Å². The highest BCUT2D eigenvalue weighted by atomic mass is 31.2. The molecular formula is C26H38NO4P. The van der Waals surface area contributed by atoms with E-state index in [1.165, 1.54) is 0 Å². The Kier molecular flexibility index (Phi) is 8.08. The van der Waals surface area contributed by atoms with Gasteiger partial charge in [-0.15, -0.1) is 0 Å². The molecule has 2 aromatic rings. The molecule has 2 aromatic carbocycles. The Bertz CT molecular complexity index is 910. The van der Waals surface area contributed by atoms with Crippen LogP contribution in [0.5, 0.6) is 5.75 Å². The fourth-order valence-corrected chi connectivity index (χ4v) is 6.92. The van der Waals surface area contributed by atoms with Gasteiger partial charge in [-0.25, -0.2) is 0 Å². The topological polar surface area (TPSA) is 59.0 Å². The monoisotopic (exact) mass is 459 g/mol. The molecule has 176 valence electrons. The maximum atomic E-state index is 14.6. The number of ether oxygens (including phenoxy) is 1. The molecule has 0 radical (unpaired) electrons. The average Bonchev–Trinajstić information content (AvgIpc) is 2.78. The minimum absolute atomic E-state index is 0.147. The van der Waals surface area contributed by atoms with E-state index in [1.807, 2.05) is 43.3 Å². The lowest BCUT2D eigenvalue weighted by Crippen LogP contribution is -2.35. The van der Waals surface area contributed by atoms with Crippen molar-refractivity contribution >= 4 is 18.4 Å². The third-order valence-electron chi connectivity index (χ3n) is 6.72. The smallest absolute Gasteiger partial charge is 0.264 e. The molecule has 32 heavy (non-hydrogen) atoms. The van der Waals surface area contributed by atoms with Crippen molar-refractivity contribution < 1.29 is 18.9 Å². The summed E-state index contributed by atoms with van der Waals surface area (Å²) in [6, 6.07) is 14.6. The zero-order valence-electron chi connectivity index (χ0n) is 20.2. The summed E-state index contributed by atoms with van der Waals surface area (Å²) >= 11 is 0. The van der Waals surface area contributed by atoms with Crippen LogP contribution in [0.3, 0.4) is 0 Å². The maximum absolute atomic E-state index is 14.6. The molecule has 0 spiro atoms. The van der Waals surface area contributed by atoms with E-state index in [4.69, 9.17) is 9.26 Å². The van der Waals surface area contributed by atoms with Crippen LogP contribution in [-0.4, -0.2) is 32.4 Å². The van der Waals surface area contributed by atoms with Gasteiger partial charge >= 0.3 is 0 Å². The van der Waals surface area contributed by atoms with Crippen LogP contribution in [0.4, 0.5) is 5.69 Å². The lowest BCUT2D eigenvalue weighted by Gasteiger charge is -2.40. The van der Waals surface area contributed by atoms with Crippen LogP contribution in [-0.2, 0) is 9.09 Å². The van der Waals surface area contributed by atoms with Gasteiger partial charge in [-0.1, -0.05) is 39.3 Å². The van der Waals surface area contributed by atoms with Crippen LogP contribution < -0.4 is 14.9 Å². The first-order chi connectivity index (χ1) is 15.2. The molecule has 5 nitrogen and oxygen atoms in total. The lowest BCUT2D eigenvalue weighted by molar-refractivity contribution is 0.0427. The number of rotatable bonds is 8. The van der Waals surface area contributed by atoms with Crippen molar-refractivity contribution in [1.29, 1.82) is 0 Å². The van der Waals surface area contributed by atoms with Crippen LogP contribution in [0.25, 0.3) is 0 Å². The first-order valence-corrected chi connectivity index (χ1v) is 13.2. The maximum Gasteiger partial charge on any atom is 0.264 e. The number of benzene rings is 2. The van der Waals surface area contributed by atoms with E-state index in [1.54, 1.807) is 31.4 Å². The third-order valence-corrected chi connectivity index (χ3v) is 9.26. The molecule has 1 aliphatic carbocycles. The highest BCUT2D eigenvalue weighted by molar-refractivity contribution is 7.67. The number of hydrogen-bond donors (Lipinski definition) is 1. The Labute approximate surface area is 193 Å². The van der Waals surface area contributed by atoms with Crippen LogP contribution in [0.2, 0.25) is 0 Å². The standard InChI is InChI=1S/C26H38NO4P/c1-18(2)24-16-7-19(3)17-25(24)31-32(29,23-14-10-21(11-15-23)27(4)5)26(28)20-8-12-22(30-6)13-9-20/h8-15,18-19,24-26,28H,7,16-17H2,1-6H3/t19-,24-,25-,26+,32+/m1/s1. The number of hydrogen-bond acceptors (Lipinski definition) is 5. The normalized spacial score (nSPS) is 24.1. The quantitative estimate of drug-likeness (QED) is 0.503. The second kappa shape index (κ2) is 10.4. The minimum atomic E-state index is -3.63. The second-order valence-corrected chi connectivity index (χ2v) is 12.0. The Hall–Kier alpha value is -1.81. The van der Waals surface area contributed by atoms with E-state index in [0.29, 0.717) is 34.4 Å². The van der Waals surface area contributed by atoms with Crippen LogP contribution in [0, 0.1) is 17.8 Å². The molecule has 5 atom stereocenters. The van der Waals surface area contributed by atoms with E-state index < -0.39 is 13.2 Å². The van der Waals surface area contributed by atoms with Crippen LogP contribution in [0.15, 0.2) is 48.5 Å². The molecule has 0 amide bonds. The molecule has 1 fully saturated rings. The summed E-state index contributed by atoms with van der Waals surface area (Å²) < 4.78 is 26.4. The summed E-state index contributed by atoms with van der Waals surface area (Å²) in [6.07, 6.45) is 2.93. The molecule has 1 aliphatic rings. The van der Waals surface area contributed by atoms with E-state index in [0.717, 1.165) is 24.9 Å². The van der Waals surface area contributed by atoms with Gasteiger partial charge < -0.3 is 19.3 Å². The van der Waals surface area contributed by atoms with Crippen molar-refractivity contribution in [3.63, 3.8) is 0 Å². The molecule has 0 unspecified atom stereocenters. The zero-order valence-corrected chi connectivity index (χ0v) is 21.1. The Balaban J connectivity index is 2.02. The van der Waals surface area contributed by atoms with Gasteiger partial charge in [-0.2, -0.15) is 0 Å². The molecule has 0 aliphatic heterocycles. The lowest BCUT2D eigenvalue weighted by atomic mass is 9.75. The molecule has 0 saturated heterocycles.